The van der Waals surface area contributed by atoms with Crippen LogP contribution in [0.5, 0.6) is 5.75 Å². The highest BCUT2D eigenvalue weighted by atomic mass is 19.4. The highest BCUT2D eigenvalue weighted by molar-refractivity contribution is 5.76. The van der Waals surface area contributed by atoms with Gasteiger partial charge in [0.25, 0.3) is 0 Å². The first kappa shape index (κ1) is 19.5. The van der Waals surface area contributed by atoms with E-state index in [-0.39, 0.29) is 31.9 Å². The first-order valence-electron chi connectivity index (χ1n) is 8.03. The summed E-state index contributed by atoms with van der Waals surface area (Å²) in [7, 11) is 0. The summed E-state index contributed by atoms with van der Waals surface area (Å²) in [6, 6.07) is 4.00. The summed E-state index contributed by atoms with van der Waals surface area (Å²) < 4.78 is 58.0. The maximum absolute atomic E-state index is 13.3. The first-order valence-corrected chi connectivity index (χ1v) is 8.03. The van der Waals surface area contributed by atoms with Gasteiger partial charge in [-0.25, -0.2) is 4.39 Å². The van der Waals surface area contributed by atoms with Crippen molar-refractivity contribution in [3.63, 3.8) is 0 Å². The van der Waals surface area contributed by atoms with Gasteiger partial charge in [-0.05, 0) is 12.1 Å². The van der Waals surface area contributed by atoms with Crippen LogP contribution in [0.25, 0.3) is 0 Å². The van der Waals surface area contributed by atoms with Gasteiger partial charge in [-0.3, -0.25) is 9.69 Å². The van der Waals surface area contributed by atoms with E-state index < -0.39 is 30.5 Å². The first-order chi connectivity index (χ1) is 11.9. The Morgan fingerprint density at radius 1 is 1.28 bits per heavy atom. The number of carbonyl (C=O) groups excluding carboxylic acids is 1. The number of hydrogen-bond acceptors (Lipinski definition) is 4. The second-order valence-electron chi connectivity index (χ2n) is 5.68. The maximum atomic E-state index is 13.3. The number of alkyl halides is 3. The standard InChI is InChI=1S/C16H21F4N3O2/c17-12-3-1-2-4-13(12)25-10-5-15(24)22-11-14(16(18,19)20)23-8-6-21-7-9-23/h1-4,14,21H,5-11H2,(H,22,24). The Morgan fingerprint density at radius 2 is 1.96 bits per heavy atom. The highest BCUT2D eigenvalue weighted by Crippen LogP contribution is 2.24. The molecule has 1 aliphatic heterocycles. The Morgan fingerprint density at radius 3 is 2.60 bits per heavy atom. The average Bonchev–Trinajstić information content (AvgIpc) is 2.56. The molecule has 1 heterocycles. The smallest absolute Gasteiger partial charge is 0.405 e. The average molecular weight is 363 g/mol. The number of ether oxygens (including phenoxy) is 1. The molecule has 5 nitrogen and oxygen atoms in total. The molecule has 1 aliphatic rings. The van der Waals surface area contributed by atoms with E-state index in [1.54, 1.807) is 6.07 Å². The number of para-hydroxylation sites is 1. The summed E-state index contributed by atoms with van der Waals surface area (Å²) in [5.41, 5.74) is 0. The molecule has 1 atom stereocenters. The largest absolute Gasteiger partial charge is 0.490 e. The lowest BCUT2D eigenvalue weighted by Crippen LogP contribution is -2.57. The molecular weight excluding hydrogens is 342 g/mol. The Bertz CT molecular complexity index is 563. The van der Waals surface area contributed by atoms with Gasteiger partial charge in [0.1, 0.15) is 6.04 Å². The van der Waals surface area contributed by atoms with Crippen LogP contribution in [0, 0.1) is 5.82 Å². The van der Waals surface area contributed by atoms with E-state index in [1.807, 2.05) is 0 Å². The van der Waals surface area contributed by atoms with E-state index in [0.29, 0.717) is 13.1 Å². The third-order valence-corrected chi connectivity index (χ3v) is 3.89. The Labute approximate surface area is 143 Å². The molecule has 0 aliphatic carbocycles. The van der Waals surface area contributed by atoms with Gasteiger partial charge < -0.3 is 15.4 Å². The summed E-state index contributed by atoms with van der Waals surface area (Å²) in [6.45, 7) is 0.889. The van der Waals surface area contributed by atoms with Crippen LogP contribution in [0.15, 0.2) is 24.3 Å². The summed E-state index contributed by atoms with van der Waals surface area (Å²) in [4.78, 5) is 13.1. The molecule has 140 valence electrons. The van der Waals surface area contributed by atoms with Crippen molar-refractivity contribution in [2.24, 2.45) is 0 Å². The number of piperazine rings is 1. The second-order valence-corrected chi connectivity index (χ2v) is 5.68. The summed E-state index contributed by atoms with van der Waals surface area (Å²) in [6.07, 6.45) is -4.57. The Balaban J connectivity index is 1.77. The minimum atomic E-state index is -4.42. The number of nitrogens with one attached hydrogen (secondary N) is 2. The van der Waals surface area contributed by atoms with Crippen molar-refractivity contribution in [3.05, 3.63) is 30.1 Å². The number of rotatable bonds is 7. The van der Waals surface area contributed by atoms with Gasteiger partial charge in [0.15, 0.2) is 11.6 Å². The lowest BCUT2D eigenvalue weighted by molar-refractivity contribution is -0.184. The van der Waals surface area contributed by atoms with Crippen LogP contribution in [-0.4, -0.2) is 62.4 Å². The normalized spacial score (nSPS) is 17.1. The fraction of sp³-hybridized carbons (Fsp3) is 0.562. The lowest BCUT2D eigenvalue weighted by Gasteiger charge is -2.35. The fourth-order valence-electron chi connectivity index (χ4n) is 2.56. The van der Waals surface area contributed by atoms with Gasteiger partial charge in [-0.1, -0.05) is 12.1 Å². The van der Waals surface area contributed by atoms with E-state index in [2.05, 4.69) is 10.6 Å². The lowest BCUT2D eigenvalue weighted by atomic mass is 10.2. The molecule has 1 amide bonds. The number of carbonyl (C=O) groups is 1. The van der Waals surface area contributed by atoms with Gasteiger partial charge in [-0.15, -0.1) is 0 Å². The van der Waals surface area contributed by atoms with Crippen molar-refractivity contribution in [2.45, 2.75) is 18.6 Å². The molecule has 1 aromatic rings. The van der Waals surface area contributed by atoms with Gasteiger partial charge in [0, 0.05) is 32.7 Å². The number of amides is 1. The molecule has 0 radical (unpaired) electrons. The molecule has 0 spiro atoms. The predicted octanol–water partition coefficient (Wildman–Crippen LogP) is 1.55. The predicted molar refractivity (Wildman–Crippen MR) is 83.8 cm³/mol. The zero-order chi connectivity index (χ0) is 18.3. The number of halogens is 4. The fourth-order valence-corrected chi connectivity index (χ4v) is 2.56. The molecule has 2 N–H and O–H groups in total. The van der Waals surface area contributed by atoms with Gasteiger partial charge >= 0.3 is 6.18 Å². The minimum absolute atomic E-state index is 0.00397. The summed E-state index contributed by atoms with van der Waals surface area (Å²) in [5.74, 6) is -1.12. The summed E-state index contributed by atoms with van der Waals surface area (Å²) in [5, 5.41) is 5.28. The van der Waals surface area contributed by atoms with Crippen LogP contribution in [0.2, 0.25) is 0 Å². The zero-order valence-electron chi connectivity index (χ0n) is 13.6. The summed E-state index contributed by atoms with van der Waals surface area (Å²) >= 11 is 0. The van der Waals surface area contributed by atoms with Crippen molar-refractivity contribution in [1.29, 1.82) is 0 Å². The molecule has 2 rings (SSSR count). The number of nitrogens with zero attached hydrogens (tertiary/aromatic N) is 1. The maximum Gasteiger partial charge on any atom is 0.405 e. The van der Waals surface area contributed by atoms with E-state index >= 15 is 0 Å². The minimum Gasteiger partial charge on any atom is -0.490 e. The number of hydrogen-bond donors (Lipinski definition) is 2. The molecule has 1 fully saturated rings. The quantitative estimate of drug-likeness (QED) is 0.722. The second kappa shape index (κ2) is 9.00. The Hall–Kier alpha value is -1.87. The van der Waals surface area contributed by atoms with E-state index in [4.69, 9.17) is 4.74 Å². The van der Waals surface area contributed by atoms with Crippen LogP contribution in [0.3, 0.4) is 0 Å². The molecule has 1 saturated heterocycles. The van der Waals surface area contributed by atoms with E-state index in [0.717, 1.165) is 0 Å². The molecule has 0 aromatic heterocycles. The topological polar surface area (TPSA) is 53.6 Å². The van der Waals surface area contributed by atoms with Crippen LogP contribution >= 0.6 is 0 Å². The van der Waals surface area contributed by atoms with Crippen molar-refractivity contribution in [3.8, 4) is 5.75 Å². The van der Waals surface area contributed by atoms with Gasteiger partial charge in [-0.2, -0.15) is 13.2 Å². The third kappa shape index (κ3) is 6.17. The van der Waals surface area contributed by atoms with Crippen molar-refractivity contribution >= 4 is 5.91 Å². The number of benzene rings is 1. The van der Waals surface area contributed by atoms with Crippen LogP contribution in [0.4, 0.5) is 17.6 Å². The van der Waals surface area contributed by atoms with Crippen LogP contribution < -0.4 is 15.4 Å². The molecule has 0 saturated carbocycles. The van der Waals surface area contributed by atoms with E-state index in [1.165, 1.54) is 23.1 Å². The van der Waals surface area contributed by atoms with E-state index in [9.17, 15) is 22.4 Å². The van der Waals surface area contributed by atoms with Gasteiger partial charge in [0.05, 0.1) is 13.0 Å². The highest BCUT2D eigenvalue weighted by Gasteiger charge is 2.43. The molecule has 1 unspecified atom stereocenters. The molecule has 25 heavy (non-hydrogen) atoms. The third-order valence-electron chi connectivity index (χ3n) is 3.89. The zero-order valence-corrected chi connectivity index (χ0v) is 13.6. The van der Waals surface area contributed by atoms with Crippen LogP contribution in [0.1, 0.15) is 6.42 Å². The van der Waals surface area contributed by atoms with Crippen molar-refractivity contribution in [2.75, 3.05) is 39.3 Å². The van der Waals surface area contributed by atoms with Gasteiger partial charge in [0.2, 0.25) is 5.91 Å². The Kier molecular flexibility index (Phi) is 7.01. The molecule has 0 bridgehead atoms. The SMILES string of the molecule is O=C(CCOc1ccccc1F)NCC(N1CCNCC1)C(F)(F)F. The monoisotopic (exact) mass is 363 g/mol. The van der Waals surface area contributed by atoms with Crippen LogP contribution in [-0.2, 0) is 4.79 Å². The molecule has 9 heteroatoms. The van der Waals surface area contributed by atoms with Crippen molar-refractivity contribution < 1.29 is 27.1 Å². The molecule has 1 aromatic carbocycles. The van der Waals surface area contributed by atoms with Crippen molar-refractivity contribution in [1.82, 2.24) is 15.5 Å². The molecular formula is C16H21F4N3O2.